The first-order chi connectivity index (χ1) is 11.8. The number of nitrogens with zero attached hydrogens (tertiary/aromatic N) is 1. The first kappa shape index (κ1) is 15.5. The fourth-order valence-corrected chi connectivity index (χ4v) is 4.36. The van der Waals surface area contributed by atoms with Gasteiger partial charge in [0.2, 0.25) is 0 Å². The summed E-state index contributed by atoms with van der Waals surface area (Å²) in [4.78, 5) is 2.65. The molecule has 2 aromatic rings. The molecule has 2 heterocycles. The summed E-state index contributed by atoms with van der Waals surface area (Å²) >= 11 is 0. The molecule has 0 amide bonds. The van der Waals surface area contributed by atoms with Crippen LogP contribution in [0, 0.1) is 0 Å². The zero-order valence-corrected chi connectivity index (χ0v) is 14.5. The standard InChI is InChI=1S/C21H25NO2/c1-23-20-13-17-9-11-22-10-8-16(15-6-4-3-5-7-15)12-19(22)18(17)14-21(20)24-2/h3-7,13-14,16,19H,8-12H2,1-2H3/t16-,19-/m1/s1. The third kappa shape index (κ3) is 2.67. The summed E-state index contributed by atoms with van der Waals surface area (Å²) < 4.78 is 11.0. The summed E-state index contributed by atoms with van der Waals surface area (Å²) in [6.45, 7) is 2.33. The number of fused-ring (bicyclic) bond motifs is 3. The molecule has 0 N–H and O–H groups in total. The molecule has 4 rings (SSSR count). The van der Waals surface area contributed by atoms with Crippen LogP contribution in [0.5, 0.6) is 11.5 Å². The Kier molecular flexibility index (Phi) is 4.19. The number of benzene rings is 2. The van der Waals surface area contributed by atoms with Crippen LogP contribution in [0.4, 0.5) is 0 Å². The minimum absolute atomic E-state index is 0.493. The van der Waals surface area contributed by atoms with Gasteiger partial charge >= 0.3 is 0 Å². The van der Waals surface area contributed by atoms with Crippen molar-refractivity contribution in [2.45, 2.75) is 31.2 Å². The highest BCUT2D eigenvalue weighted by Gasteiger charge is 2.34. The number of ether oxygens (including phenoxy) is 2. The monoisotopic (exact) mass is 323 g/mol. The Morgan fingerprint density at radius 2 is 1.71 bits per heavy atom. The van der Waals surface area contributed by atoms with Crippen LogP contribution in [-0.2, 0) is 6.42 Å². The second-order valence-corrected chi connectivity index (χ2v) is 6.84. The lowest BCUT2D eigenvalue weighted by Crippen LogP contribution is -2.40. The van der Waals surface area contributed by atoms with E-state index in [0.717, 1.165) is 24.5 Å². The second-order valence-electron chi connectivity index (χ2n) is 6.84. The molecule has 3 heteroatoms. The third-order valence-electron chi connectivity index (χ3n) is 5.66. The summed E-state index contributed by atoms with van der Waals surface area (Å²) in [5.41, 5.74) is 4.33. The Labute approximate surface area is 144 Å². The van der Waals surface area contributed by atoms with Crippen LogP contribution >= 0.6 is 0 Å². The zero-order chi connectivity index (χ0) is 16.5. The average Bonchev–Trinajstić information content (AvgIpc) is 2.67. The molecule has 0 radical (unpaired) electrons. The molecule has 2 aliphatic heterocycles. The molecule has 24 heavy (non-hydrogen) atoms. The van der Waals surface area contributed by atoms with E-state index in [-0.39, 0.29) is 0 Å². The summed E-state index contributed by atoms with van der Waals surface area (Å²) in [5, 5.41) is 0. The molecule has 0 spiro atoms. The molecule has 2 aromatic carbocycles. The van der Waals surface area contributed by atoms with Gasteiger partial charge in [0.25, 0.3) is 0 Å². The largest absolute Gasteiger partial charge is 0.493 e. The quantitative estimate of drug-likeness (QED) is 0.846. The topological polar surface area (TPSA) is 21.7 Å². The van der Waals surface area contributed by atoms with Gasteiger partial charge in [-0.15, -0.1) is 0 Å². The van der Waals surface area contributed by atoms with Gasteiger partial charge < -0.3 is 9.47 Å². The van der Waals surface area contributed by atoms with E-state index in [0.29, 0.717) is 12.0 Å². The molecule has 0 bridgehead atoms. The van der Waals surface area contributed by atoms with E-state index in [1.165, 1.54) is 36.1 Å². The van der Waals surface area contributed by atoms with Crippen LogP contribution in [-0.4, -0.2) is 32.2 Å². The van der Waals surface area contributed by atoms with Gasteiger partial charge in [-0.3, -0.25) is 4.90 Å². The van der Waals surface area contributed by atoms with Crippen molar-refractivity contribution in [2.75, 3.05) is 27.3 Å². The third-order valence-corrected chi connectivity index (χ3v) is 5.66. The van der Waals surface area contributed by atoms with E-state index in [9.17, 15) is 0 Å². The van der Waals surface area contributed by atoms with Crippen LogP contribution in [0.1, 0.15) is 41.5 Å². The highest BCUT2D eigenvalue weighted by Crippen LogP contribution is 2.45. The van der Waals surface area contributed by atoms with Crippen LogP contribution in [0.2, 0.25) is 0 Å². The predicted molar refractivity (Wildman–Crippen MR) is 96.0 cm³/mol. The predicted octanol–water partition coefficient (Wildman–Crippen LogP) is 4.18. The van der Waals surface area contributed by atoms with Crippen LogP contribution in [0.15, 0.2) is 42.5 Å². The average molecular weight is 323 g/mol. The van der Waals surface area contributed by atoms with Gasteiger partial charge in [0.1, 0.15) is 0 Å². The van der Waals surface area contributed by atoms with Gasteiger partial charge in [-0.25, -0.2) is 0 Å². The van der Waals surface area contributed by atoms with Crippen LogP contribution in [0.25, 0.3) is 0 Å². The summed E-state index contributed by atoms with van der Waals surface area (Å²) in [6, 6.07) is 15.8. The van der Waals surface area contributed by atoms with Crippen molar-refractivity contribution in [3.8, 4) is 11.5 Å². The molecular formula is C21H25NO2. The van der Waals surface area contributed by atoms with Gasteiger partial charge in [0.15, 0.2) is 11.5 Å². The molecule has 0 aliphatic carbocycles. The van der Waals surface area contributed by atoms with Crippen molar-refractivity contribution in [3.05, 3.63) is 59.2 Å². The van der Waals surface area contributed by atoms with Crippen molar-refractivity contribution >= 4 is 0 Å². The van der Waals surface area contributed by atoms with Crippen molar-refractivity contribution in [1.82, 2.24) is 4.90 Å². The van der Waals surface area contributed by atoms with E-state index in [1.54, 1.807) is 14.2 Å². The minimum atomic E-state index is 0.493. The number of methoxy groups -OCH3 is 2. The Morgan fingerprint density at radius 1 is 0.958 bits per heavy atom. The fraction of sp³-hybridized carbons (Fsp3) is 0.429. The molecule has 2 aliphatic rings. The molecule has 1 saturated heterocycles. The van der Waals surface area contributed by atoms with E-state index in [4.69, 9.17) is 9.47 Å². The molecule has 1 fully saturated rings. The molecular weight excluding hydrogens is 298 g/mol. The Bertz CT molecular complexity index is 713. The van der Waals surface area contributed by atoms with Crippen LogP contribution < -0.4 is 9.47 Å². The Hall–Kier alpha value is -2.00. The maximum absolute atomic E-state index is 5.55. The normalized spacial score (nSPS) is 23.2. The molecule has 0 unspecified atom stereocenters. The maximum atomic E-state index is 5.55. The summed E-state index contributed by atoms with van der Waals surface area (Å²) in [5.74, 6) is 2.34. The van der Waals surface area contributed by atoms with Crippen LogP contribution in [0.3, 0.4) is 0 Å². The fourth-order valence-electron chi connectivity index (χ4n) is 4.36. The van der Waals surface area contributed by atoms with Gasteiger partial charge in [-0.2, -0.15) is 0 Å². The van der Waals surface area contributed by atoms with Gasteiger partial charge in [0, 0.05) is 12.6 Å². The van der Waals surface area contributed by atoms with E-state index in [1.807, 2.05) is 0 Å². The molecule has 126 valence electrons. The lowest BCUT2D eigenvalue weighted by Gasteiger charge is -2.43. The Morgan fingerprint density at radius 3 is 2.46 bits per heavy atom. The molecule has 0 saturated carbocycles. The van der Waals surface area contributed by atoms with Crippen molar-refractivity contribution in [1.29, 1.82) is 0 Å². The molecule has 3 nitrogen and oxygen atoms in total. The molecule has 2 atom stereocenters. The lowest BCUT2D eigenvalue weighted by atomic mass is 9.79. The maximum Gasteiger partial charge on any atom is 0.161 e. The number of hydrogen-bond acceptors (Lipinski definition) is 3. The first-order valence-corrected chi connectivity index (χ1v) is 8.84. The van der Waals surface area contributed by atoms with E-state index < -0.39 is 0 Å². The first-order valence-electron chi connectivity index (χ1n) is 8.84. The number of piperidine rings is 1. The minimum Gasteiger partial charge on any atom is -0.493 e. The zero-order valence-electron chi connectivity index (χ0n) is 14.5. The lowest BCUT2D eigenvalue weighted by molar-refractivity contribution is 0.125. The van der Waals surface area contributed by atoms with Gasteiger partial charge in [-0.05, 0) is 60.5 Å². The second kappa shape index (κ2) is 6.48. The summed E-state index contributed by atoms with van der Waals surface area (Å²) in [6.07, 6.45) is 3.54. The van der Waals surface area contributed by atoms with E-state index in [2.05, 4.69) is 47.4 Å². The summed E-state index contributed by atoms with van der Waals surface area (Å²) in [7, 11) is 3.43. The highest BCUT2D eigenvalue weighted by atomic mass is 16.5. The number of hydrogen-bond donors (Lipinski definition) is 0. The Balaban J connectivity index is 1.67. The smallest absolute Gasteiger partial charge is 0.161 e. The van der Waals surface area contributed by atoms with Crippen molar-refractivity contribution < 1.29 is 9.47 Å². The van der Waals surface area contributed by atoms with E-state index >= 15 is 0 Å². The van der Waals surface area contributed by atoms with Crippen molar-refractivity contribution in [3.63, 3.8) is 0 Å². The number of rotatable bonds is 3. The highest BCUT2D eigenvalue weighted by molar-refractivity contribution is 5.49. The van der Waals surface area contributed by atoms with Gasteiger partial charge in [-0.1, -0.05) is 30.3 Å². The molecule has 0 aromatic heterocycles. The van der Waals surface area contributed by atoms with Gasteiger partial charge in [0.05, 0.1) is 14.2 Å². The SMILES string of the molecule is COc1cc2c(cc1OC)[C@H]1C[C@H](c3ccccc3)CCN1CC2. The van der Waals surface area contributed by atoms with Crippen molar-refractivity contribution in [2.24, 2.45) is 0 Å².